The summed E-state index contributed by atoms with van der Waals surface area (Å²) in [6, 6.07) is 7.69. The second kappa shape index (κ2) is 9.40. The molecule has 0 fully saturated rings. The van der Waals surface area contributed by atoms with Gasteiger partial charge in [0.05, 0.1) is 17.3 Å². The SMILES string of the molecule is CN[C@](C)(COc1ccc(-c2ccnc(NC(=O)OC)c2)c2scnc12)CC(C)C. The van der Waals surface area contributed by atoms with Crippen LogP contribution in [0.25, 0.3) is 21.3 Å². The minimum Gasteiger partial charge on any atom is -0.489 e. The van der Waals surface area contributed by atoms with Crippen LogP contribution in [-0.4, -0.2) is 42.4 Å². The van der Waals surface area contributed by atoms with Crippen molar-refractivity contribution in [2.24, 2.45) is 5.92 Å². The molecule has 7 nitrogen and oxygen atoms in total. The number of pyridine rings is 1. The highest BCUT2D eigenvalue weighted by molar-refractivity contribution is 7.17. The van der Waals surface area contributed by atoms with Crippen molar-refractivity contribution >= 4 is 33.5 Å². The fraction of sp³-hybridized carbons (Fsp3) is 0.409. The van der Waals surface area contributed by atoms with Crippen LogP contribution in [0.4, 0.5) is 10.6 Å². The third-order valence-electron chi connectivity index (χ3n) is 4.94. The number of nitrogens with zero attached hydrogens (tertiary/aromatic N) is 2. The maximum atomic E-state index is 11.5. The summed E-state index contributed by atoms with van der Waals surface area (Å²) in [6.45, 7) is 7.14. The lowest BCUT2D eigenvalue weighted by molar-refractivity contribution is 0.180. The Hall–Kier alpha value is -2.71. The molecule has 0 bridgehead atoms. The predicted molar refractivity (Wildman–Crippen MR) is 121 cm³/mol. The molecule has 0 aliphatic heterocycles. The molecule has 160 valence electrons. The molecule has 0 aliphatic rings. The monoisotopic (exact) mass is 428 g/mol. The number of anilines is 1. The zero-order chi connectivity index (χ0) is 21.7. The van der Waals surface area contributed by atoms with Crippen molar-refractivity contribution in [3.63, 3.8) is 0 Å². The highest BCUT2D eigenvalue weighted by Gasteiger charge is 2.25. The van der Waals surface area contributed by atoms with Gasteiger partial charge in [-0.3, -0.25) is 5.32 Å². The van der Waals surface area contributed by atoms with Crippen molar-refractivity contribution < 1.29 is 14.3 Å². The lowest BCUT2D eigenvalue weighted by Crippen LogP contribution is -2.46. The van der Waals surface area contributed by atoms with Crippen molar-refractivity contribution in [3.05, 3.63) is 36.0 Å². The molecule has 3 aromatic rings. The number of hydrogen-bond donors (Lipinski definition) is 2. The number of hydrogen-bond acceptors (Lipinski definition) is 7. The minimum atomic E-state index is -0.555. The fourth-order valence-corrected chi connectivity index (χ4v) is 4.30. The maximum absolute atomic E-state index is 11.5. The Morgan fingerprint density at radius 2 is 2.07 bits per heavy atom. The number of fused-ring (bicyclic) bond motifs is 1. The number of aromatic nitrogens is 2. The van der Waals surface area contributed by atoms with E-state index in [-0.39, 0.29) is 5.54 Å². The van der Waals surface area contributed by atoms with E-state index in [2.05, 4.69) is 46.1 Å². The summed E-state index contributed by atoms with van der Waals surface area (Å²) >= 11 is 1.56. The highest BCUT2D eigenvalue weighted by atomic mass is 32.1. The Kier molecular flexibility index (Phi) is 6.89. The van der Waals surface area contributed by atoms with Gasteiger partial charge in [-0.05, 0) is 56.1 Å². The number of ether oxygens (including phenoxy) is 2. The summed E-state index contributed by atoms with van der Waals surface area (Å²) < 4.78 is 11.9. The van der Waals surface area contributed by atoms with Gasteiger partial charge in [-0.25, -0.2) is 14.8 Å². The van der Waals surface area contributed by atoms with E-state index in [0.717, 1.165) is 33.5 Å². The number of nitrogens with one attached hydrogen (secondary N) is 2. The van der Waals surface area contributed by atoms with Gasteiger partial charge < -0.3 is 14.8 Å². The molecule has 1 amide bonds. The van der Waals surface area contributed by atoms with E-state index >= 15 is 0 Å². The van der Waals surface area contributed by atoms with E-state index < -0.39 is 6.09 Å². The Balaban J connectivity index is 1.88. The standard InChI is InChI=1S/C22H28N4O3S/c1-14(2)11-22(3,23-4)12-29-17-7-6-16(20-19(17)25-13-30-20)15-8-9-24-18(10-15)26-21(27)28-5/h6-10,13-14,23H,11-12H2,1-5H3,(H,24,26,27)/t22-/m0/s1. The van der Waals surface area contributed by atoms with Crippen LogP contribution in [0.3, 0.4) is 0 Å². The van der Waals surface area contributed by atoms with Crippen LogP contribution < -0.4 is 15.4 Å². The number of carbonyl (C=O) groups excluding carboxylic acids is 1. The number of amides is 1. The topological polar surface area (TPSA) is 85.4 Å². The third-order valence-corrected chi connectivity index (χ3v) is 5.80. The lowest BCUT2D eigenvalue weighted by Gasteiger charge is -2.31. The first kappa shape index (κ1) is 22.0. The molecule has 0 radical (unpaired) electrons. The number of carbonyl (C=O) groups is 1. The van der Waals surface area contributed by atoms with Crippen LogP contribution in [0.5, 0.6) is 5.75 Å². The van der Waals surface area contributed by atoms with Gasteiger partial charge in [-0.2, -0.15) is 0 Å². The summed E-state index contributed by atoms with van der Waals surface area (Å²) in [5.74, 6) is 1.75. The second-order valence-electron chi connectivity index (χ2n) is 7.88. The van der Waals surface area contributed by atoms with Crippen LogP contribution in [0, 0.1) is 5.92 Å². The first-order valence-electron chi connectivity index (χ1n) is 9.84. The molecule has 1 atom stereocenters. The van der Waals surface area contributed by atoms with Crippen LogP contribution >= 0.6 is 11.3 Å². The number of benzene rings is 1. The van der Waals surface area contributed by atoms with Gasteiger partial charge >= 0.3 is 6.09 Å². The summed E-state index contributed by atoms with van der Waals surface area (Å²) in [4.78, 5) is 20.2. The molecule has 0 saturated carbocycles. The quantitative estimate of drug-likeness (QED) is 0.529. The summed E-state index contributed by atoms with van der Waals surface area (Å²) in [5.41, 5.74) is 4.47. The smallest absolute Gasteiger partial charge is 0.412 e. The van der Waals surface area contributed by atoms with E-state index in [1.165, 1.54) is 7.11 Å². The normalized spacial score (nSPS) is 13.3. The van der Waals surface area contributed by atoms with E-state index in [1.807, 2.05) is 36.8 Å². The average Bonchev–Trinajstić information content (AvgIpc) is 3.21. The lowest BCUT2D eigenvalue weighted by atomic mass is 9.92. The maximum Gasteiger partial charge on any atom is 0.412 e. The fourth-order valence-electron chi connectivity index (χ4n) is 3.46. The zero-order valence-corrected chi connectivity index (χ0v) is 18.8. The zero-order valence-electron chi connectivity index (χ0n) is 18.0. The summed E-state index contributed by atoms with van der Waals surface area (Å²) in [5, 5.41) is 5.99. The summed E-state index contributed by atoms with van der Waals surface area (Å²) in [7, 11) is 3.29. The van der Waals surface area contributed by atoms with Gasteiger partial charge in [-0.15, -0.1) is 11.3 Å². The molecule has 0 saturated heterocycles. The van der Waals surface area contributed by atoms with Crippen LogP contribution in [0.15, 0.2) is 36.0 Å². The minimum absolute atomic E-state index is 0.116. The van der Waals surface area contributed by atoms with Crippen molar-refractivity contribution in [2.45, 2.75) is 32.7 Å². The number of likely N-dealkylation sites (N-methyl/N-ethyl adjacent to an activating group) is 1. The second-order valence-corrected chi connectivity index (χ2v) is 8.74. The molecular formula is C22H28N4O3S. The van der Waals surface area contributed by atoms with Gasteiger partial charge in [0.15, 0.2) is 0 Å². The van der Waals surface area contributed by atoms with Crippen molar-refractivity contribution in [2.75, 3.05) is 26.1 Å². The van der Waals surface area contributed by atoms with Gasteiger partial charge in [0.25, 0.3) is 0 Å². The number of methoxy groups -OCH3 is 1. The first-order chi connectivity index (χ1) is 14.3. The van der Waals surface area contributed by atoms with E-state index in [1.54, 1.807) is 17.5 Å². The Morgan fingerprint density at radius 1 is 1.27 bits per heavy atom. The van der Waals surface area contributed by atoms with Gasteiger partial charge in [-0.1, -0.05) is 13.8 Å². The van der Waals surface area contributed by atoms with E-state index in [9.17, 15) is 4.79 Å². The van der Waals surface area contributed by atoms with Gasteiger partial charge in [0, 0.05) is 17.3 Å². The third kappa shape index (κ3) is 5.06. The first-order valence-corrected chi connectivity index (χ1v) is 10.7. The Bertz CT molecular complexity index is 1020. The van der Waals surface area contributed by atoms with Crippen molar-refractivity contribution in [3.8, 4) is 16.9 Å². The highest BCUT2D eigenvalue weighted by Crippen LogP contribution is 2.37. The van der Waals surface area contributed by atoms with Crippen molar-refractivity contribution in [1.82, 2.24) is 15.3 Å². The van der Waals surface area contributed by atoms with Crippen LogP contribution in [0.2, 0.25) is 0 Å². The number of thiazole rings is 1. The van der Waals surface area contributed by atoms with Crippen molar-refractivity contribution in [1.29, 1.82) is 0 Å². The van der Waals surface area contributed by atoms with E-state index in [4.69, 9.17) is 4.74 Å². The Labute approximate surface area is 180 Å². The average molecular weight is 429 g/mol. The van der Waals surface area contributed by atoms with Crippen LogP contribution in [0.1, 0.15) is 27.2 Å². The molecule has 0 unspecified atom stereocenters. The Morgan fingerprint density at radius 3 is 2.77 bits per heavy atom. The number of rotatable bonds is 8. The van der Waals surface area contributed by atoms with Gasteiger partial charge in [0.1, 0.15) is 23.7 Å². The molecule has 2 aromatic heterocycles. The molecule has 0 spiro atoms. The van der Waals surface area contributed by atoms with E-state index in [0.29, 0.717) is 18.3 Å². The van der Waals surface area contributed by atoms with Gasteiger partial charge in [0.2, 0.25) is 0 Å². The summed E-state index contributed by atoms with van der Waals surface area (Å²) in [6.07, 6.45) is 2.11. The molecule has 3 rings (SSSR count). The molecular weight excluding hydrogens is 400 g/mol. The molecule has 2 N–H and O–H groups in total. The van der Waals surface area contributed by atoms with Crippen LogP contribution in [-0.2, 0) is 4.74 Å². The predicted octanol–water partition coefficient (Wildman–Crippen LogP) is 4.94. The molecule has 0 aliphatic carbocycles. The molecule has 1 aromatic carbocycles. The molecule has 30 heavy (non-hydrogen) atoms. The molecule has 2 heterocycles. The largest absolute Gasteiger partial charge is 0.489 e. The molecule has 8 heteroatoms.